The lowest BCUT2D eigenvalue weighted by Gasteiger charge is -2.25. The van der Waals surface area contributed by atoms with E-state index >= 15 is 0 Å². The fourth-order valence-corrected chi connectivity index (χ4v) is 5.74. The molecule has 0 spiro atoms. The van der Waals surface area contributed by atoms with Gasteiger partial charge in [0, 0.05) is 23.9 Å². The van der Waals surface area contributed by atoms with E-state index in [1.54, 1.807) is 13.0 Å². The third kappa shape index (κ3) is 4.30. The number of carbonyl (C=O) groups excluding carboxylic acids is 2. The highest BCUT2D eigenvalue weighted by Gasteiger charge is 2.44. The van der Waals surface area contributed by atoms with E-state index in [0.29, 0.717) is 17.8 Å². The van der Waals surface area contributed by atoms with Crippen LogP contribution in [0.4, 0.5) is 4.79 Å². The molecule has 1 aromatic heterocycles. The molecule has 1 aliphatic carbocycles. The van der Waals surface area contributed by atoms with Crippen molar-refractivity contribution in [3.05, 3.63) is 82.0 Å². The van der Waals surface area contributed by atoms with E-state index in [9.17, 15) is 19.5 Å². The molecule has 2 amide bonds. The molecule has 0 bridgehead atoms. The summed E-state index contributed by atoms with van der Waals surface area (Å²) in [5.74, 6) is -1.34. The van der Waals surface area contributed by atoms with Gasteiger partial charge in [0.15, 0.2) is 0 Å². The summed E-state index contributed by atoms with van der Waals surface area (Å²) < 4.78 is 5.65. The fraction of sp³-hybridized carbons (Fsp3) is 0.296. The van der Waals surface area contributed by atoms with Crippen molar-refractivity contribution >= 4 is 29.3 Å². The minimum absolute atomic E-state index is 0.0844. The Labute approximate surface area is 207 Å². The standard InChI is InChI=1S/C27H26N2O5S/c1-27(25(31)32)12-13-29(16-27)24(30)23(22-11-6-14-35-22)28-26(33)34-15-21-19-9-4-2-7-17(19)18-8-3-5-10-20(18)21/h2-11,14,21,23H,12-13,15-16H2,1H3,(H,28,33)(H,31,32). The first kappa shape index (κ1) is 23.1. The number of hydrogen-bond donors (Lipinski definition) is 2. The van der Waals surface area contributed by atoms with Gasteiger partial charge in [-0.15, -0.1) is 11.3 Å². The van der Waals surface area contributed by atoms with E-state index in [-0.39, 0.29) is 25.0 Å². The van der Waals surface area contributed by atoms with Crippen molar-refractivity contribution in [2.75, 3.05) is 19.7 Å². The molecular weight excluding hydrogens is 464 g/mol. The summed E-state index contributed by atoms with van der Waals surface area (Å²) in [7, 11) is 0. The molecule has 2 aromatic carbocycles. The van der Waals surface area contributed by atoms with Crippen LogP contribution in [-0.2, 0) is 14.3 Å². The van der Waals surface area contributed by atoms with Gasteiger partial charge in [-0.05, 0) is 47.0 Å². The van der Waals surface area contributed by atoms with Gasteiger partial charge in [-0.1, -0.05) is 54.6 Å². The lowest BCUT2D eigenvalue weighted by atomic mass is 9.90. The number of rotatable bonds is 6. The maximum atomic E-state index is 13.3. The Kier molecular flexibility index (Phi) is 6.06. The Morgan fingerprint density at radius 1 is 1.09 bits per heavy atom. The third-order valence-electron chi connectivity index (χ3n) is 6.98. The number of nitrogens with one attached hydrogen (secondary N) is 1. The monoisotopic (exact) mass is 490 g/mol. The van der Waals surface area contributed by atoms with Crippen LogP contribution in [0.25, 0.3) is 11.1 Å². The quantitative estimate of drug-likeness (QED) is 0.524. The van der Waals surface area contributed by atoms with Crippen molar-refractivity contribution in [3.63, 3.8) is 0 Å². The Morgan fingerprint density at radius 3 is 2.31 bits per heavy atom. The van der Waals surface area contributed by atoms with Crippen molar-refractivity contribution in [1.29, 1.82) is 0 Å². The van der Waals surface area contributed by atoms with Crippen LogP contribution in [0.15, 0.2) is 66.0 Å². The Morgan fingerprint density at radius 2 is 1.74 bits per heavy atom. The molecule has 7 nitrogen and oxygen atoms in total. The van der Waals surface area contributed by atoms with Crippen LogP contribution in [0.2, 0.25) is 0 Å². The molecule has 3 aromatic rings. The number of fused-ring (bicyclic) bond motifs is 3. The first-order valence-corrected chi connectivity index (χ1v) is 12.4. The van der Waals surface area contributed by atoms with Gasteiger partial charge in [0.1, 0.15) is 12.6 Å². The number of alkyl carbamates (subject to hydrolysis) is 1. The van der Waals surface area contributed by atoms with Crippen molar-refractivity contribution in [2.45, 2.75) is 25.3 Å². The molecule has 1 fully saturated rings. The average Bonchev–Trinajstić information content (AvgIpc) is 3.60. The lowest BCUT2D eigenvalue weighted by molar-refractivity contribution is -0.147. The molecule has 1 saturated heterocycles. The lowest BCUT2D eigenvalue weighted by Crippen LogP contribution is -2.43. The van der Waals surface area contributed by atoms with Gasteiger partial charge in [-0.3, -0.25) is 9.59 Å². The number of hydrogen-bond acceptors (Lipinski definition) is 5. The number of ether oxygens (including phenoxy) is 1. The van der Waals surface area contributed by atoms with E-state index in [1.807, 2.05) is 47.8 Å². The number of carboxylic acids is 1. The molecule has 0 radical (unpaired) electrons. The second-order valence-electron chi connectivity index (χ2n) is 9.29. The van der Waals surface area contributed by atoms with E-state index in [4.69, 9.17) is 4.74 Å². The van der Waals surface area contributed by atoms with Crippen LogP contribution in [0.1, 0.15) is 41.3 Å². The number of carboxylic acid groups (broad SMARTS) is 1. The van der Waals surface area contributed by atoms with Gasteiger partial charge in [0.2, 0.25) is 0 Å². The van der Waals surface area contributed by atoms with E-state index < -0.39 is 23.5 Å². The highest BCUT2D eigenvalue weighted by atomic mass is 32.1. The SMILES string of the molecule is CC1(C(=O)O)CCN(C(=O)C(NC(=O)OCC2c3ccccc3-c3ccccc32)c2cccs2)C1. The summed E-state index contributed by atoms with van der Waals surface area (Å²) in [5, 5.41) is 14.1. The van der Waals surface area contributed by atoms with Crippen molar-refractivity contribution in [1.82, 2.24) is 10.2 Å². The van der Waals surface area contributed by atoms with E-state index in [0.717, 1.165) is 22.3 Å². The number of amides is 2. The van der Waals surface area contributed by atoms with Gasteiger partial charge < -0.3 is 20.1 Å². The van der Waals surface area contributed by atoms with Gasteiger partial charge in [0.05, 0.1) is 5.41 Å². The van der Waals surface area contributed by atoms with Gasteiger partial charge in [-0.25, -0.2) is 4.79 Å². The summed E-state index contributed by atoms with van der Waals surface area (Å²) in [5.41, 5.74) is 3.51. The molecule has 2 N–H and O–H groups in total. The van der Waals surface area contributed by atoms with Crippen molar-refractivity contribution in [3.8, 4) is 11.1 Å². The number of aliphatic carboxylic acids is 1. The topological polar surface area (TPSA) is 95.9 Å². The molecule has 2 heterocycles. The van der Waals surface area contributed by atoms with Gasteiger partial charge in [-0.2, -0.15) is 0 Å². The summed E-state index contributed by atoms with van der Waals surface area (Å²) in [6.07, 6.45) is -0.310. The smallest absolute Gasteiger partial charge is 0.408 e. The largest absolute Gasteiger partial charge is 0.481 e. The van der Waals surface area contributed by atoms with Gasteiger partial charge in [0.25, 0.3) is 5.91 Å². The number of benzene rings is 2. The van der Waals surface area contributed by atoms with Gasteiger partial charge >= 0.3 is 12.1 Å². The summed E-state index contributed by atoms with van der Waals surface area (Å²) in [6.45, 7) is 2.22. The highest BCUT2D eigenvalue weighted by molar-refractivity contribution is 7.10. The molecule has 1 aliphatic heterocycles. The molecule has 0 saturated carbocycles. The number of thiophene rings is 1. The maximum Gasteiger partial charge on any atom is 0.408 e. The van der Waals surface area contributed by atoms with Crippen LogP contribution in [0, 0.1) is 5.41 Å². The van der Waals surface area contributed by atoms with Crippen LogP contribution < -0.4 is 5.32 Å². The van der Waals surface area contributed by atoms with E-state index in [1.165, 1.54) is 16.2 Å². The Balaban J connectivity index is 1.30. The number of carbonyl (C=O) groups is 3. The fourth-order valence-electron chi connectivity index (χ4n) is 4.97. The average molecular weight is 491 g/mol. The van der Waals surface area contributed by atoms with Crippen molar-refractivity contribution in [2.24, 2.45) is 5.41 Å². The zero-order valence-electron chi connectivity index (χ0n) is 19.3. The molecule has 5 rings (SSSR count). The molecule has 2 atom stereocenters. The molecule has 8 heteroatoms. The van der Waals surface area contributed by atoms with E-state index in [2.05, 4.69) is 17.4 Å². The minimum Gasteiger partial charge on any atom is -0.481 e. The predicted octanol–water partition coefficient (Wildman–Crippen LogP) is 4.65. The Hall–Kier alpha value is -3.65. The van der Waals surface area contributed by atoms with Crippen LogP contribution in [0.5, 0.6) is 0 Å². The first-order valence-electron chi connectivity index (χ1n) is 11.5. The van der Waals surface area contributed by atoms with Crippen molar-refractivity contribution < 1.29 is 24.2 Å². The number of nitrogens with zero attached hydrogens (tertiary/aromatic N) is 1. The summed E-state index contributed by atoms with van der Waals surface area (Å²) in [6, 6.07) is 18.8. The number of likely N-dealkylation sites (tertiary alicyclic amines) is 1. The highest BCUT2D eigenvalue weighted by Crippen LogP contribution is 2.44. The molecular formula is C27H26N2O5S. The second kappa shape index (κ2) is 9.19. The predicted molar refractivity (Wildman–Crippen MR) is 132 cm³/mol. The second-order valence-corrected chi connectivity index (χ2v) is 10.3. The summed E-state index contributed by atoms with van der Waals surface area (Å²) in [4.78, 5) is 40.1. The Bertz CT molecular complexity index is 1230. The molecule has 35 heavy (non-hydrogen) atoms. The normalized spacial score (nSPS) is 19.6. The zero-order chi connectivity index (χ0) is 24.6. The molecule has 2 unspecified atom stereocenters. The first-order chi connectivity index (χ1) is 16.9. The minimum atomic E-state index is -0.987. The maximum absolute atomic E-state index is 13.3. The molecule has 2 aliphatic rings. The van der Waals surface area contributed by atoms with Crippen LogP contribution in [-0.4, -0.2) is 47.7 Å². The van der Waals surface area contributed by atoms with Crippen LogP contribution >= 0.6 is 11.3 Å². The summed E-state index contributed by atoms with van der Waals surface area (Å²) >= 11 is 1.36. The third-order valence-corrected chi connectivity index (χ3v) is 7.92. The molecule has 180 valence electrons. The zero-order valence-corrected chi connectivity index (χ0v) is 20.1. The van der Waals surface area contributed by atoms with Crippen LogP contribution in [0.3, 0.4) is 0 Å².